The molecule has 0 aliphatic heterocycles. The first kappa shape index (κ1) is 13.0. The van der Waals surface area contributed by atoms with Crippen molar-refractivity contribution in [2.75, 3.05) is 0 Å². The smallest absolute Gasteiger partial charge is 0.255 e. The molecular formula is C13H6ClFN2O2. The van der Waals surface area contributed by atoms with E-state index in [9.17, 15) is 9.18 Å². The Morgan fingerprint density at radius 1 is 1.42 bits per heavy atom. The lowest BCUT2D eigenvalue weighted by molar-refractivity contribution is 0.107. The van der Waals surface area contributed by atoms with Gasteiger partial charge in [0.25, 0.3) is 5.24 Å². The molecule has 4 nitrogen and oxygen atoms in total. The Morgan fingerprint density at radius 2 is 2.21 bits per heavy atom. The first-order valence-electron chi connectivity index (χ1n) is 5.14. The molecule has 0 saturated carbocycles. The number of carbonyl (C=O) groups is 1. The van der Waals surface area contributed by atoms with E-state index in [1.807, 2.05) is 6.07 Å². The minimum atomic E-state index is -0.926. The Hall–Kier alpha value is -2.45. The number of pyridine rings is 1. The van der Waals surface area contributed by atoms with Crippen LogP contribution in [0.25, 0.3) is 0 Å². The van der Waals surface area contributed by atoms with E-state index in [1.165, 1.54) is 18.3 Å². The third kappa shape index (κ3) is 2.87. The van der Waals surface area contributed by atoms with Gasteiger partial charge in [-0.1, -0.05) is 0 Å². The molecule has 0 aliphatic rings. The van der Waals surface area contributed by atoms with Crippen LogP contribution in [0, 0.1) is 17.1 Å². The van der Waals surface area contributed by atoms with Crippen molar-refractivity contribution in [3.63, 3.8) is 0 Å². The average molecular weight is 277 g/mol. The van der Waals surface area contributed by atoms with Gasteiger partial charge in [-0.25, -0.2) is 9.37 Å². The molecule has 0 unspecified atom stereocenters. The van der Waals surface area contributed by atoms with Crippen LogP contribution in [-0.4, -0.2) is 10.2 Å². The zero-order valence-electron chi connectivity index (χ0n) is 9.43. The molecule has 2 rings (SSSR count). The van der Waals surface area contributed by atoms with Gasteiger partial charge in [0.1, 0.15) is 23.2 Å². The zero-order valence-corrected chi connectivity index (χ0v) is 10.2. The second kappa shape index (κ2) is 5.46. The number of hydrogen-bond donors (Lipinski definition) is 0. The van der Waals surface area contributed by atoms with Crippen LogP contribution in [0.5, 0.6) is 11.6 Å². The van der Waals surface area contributed by atoms with E-state index in [0.717, 1.165) is 12.1 Å². The normalized spacial score (nSPS) is 9.74. The molecule has 2 aromatic rings. The van der Waals surface area contributed by atoms with Crippen LogP contribution in [0.4, 0.5) is 4.39 Å². The summed E-state index contributed by atoms with van der Waals surface area (Å²) in [4.78, 5) is 14.9. The summed E-state index contributed by atoms with van der Waals surface area (Å²) in [5.41, 5.74) is -0.0702. The molecule has 0 bridgehead atoms. The second-order valence-electron chi connectivity index (χ2n) is 3.49. The molecule has 0 atom stereocenters. The van der Waals surface area contributed by atoms with Crippen LogP contribution in [-0.2, 0) is 0 Å². The van der Waals surface area contributed by atoms with Gasteiger partial charge in [0.2, 0.25) is 5.88 Å². The molecular weight excluding hydrogens is 271 g/mol. The number of aromatic nitrogens is 1. The zero-order chi connectivity index (χ0) is 13.8. The molecule has 0 aliphatic carbocycles. The highest BCUT2D eigenvalue weighted by atomic mass is 35.5. The summed E-state index contributed by atoms with van der Waals surface area (Å²) in [7, 11) is 0. The average Bonchev–Trinajstić information content (AvgIpc) is 2.41. The van der Waals surface area contributed by atoms with Crippen molar-refractivity contribution in [3.8, 4) is 17.7 Å². The fourth-order valence-corrected chi connectivity index (χ4v) is 1.53. The molecule has 6 heteroatoms. The van der Waals surface area contributed by atoms with Crippen LogP contribution in [0.1, 0.15) is 15.9 Å². The molecule has 0 fully saturated rings. The van der Waals surface area contributed by atoms with Crippen LogP contribution in [0.3, 0.4) is 0 Å². The van der Waals surface area contributed by atoms with Crippen LogP contribution in [0.2, 0.25) is 0 Å². The topological polar surface area (TPSA) is 63.0 Å². The number of nitrogens with zero attached hydrogens (tertiary/aromatic N) is 2. The fourth-order valence-electron chi connectivity index (χ4n) is 1.39. The number of benzene rings is 1. The summed E-state index contributed by atoms with van der Waals surface area (Å²) >= 11 is 5.24. The Labute approximate surface area is 113 Å². The van der Waals surface area contributed by atoms with Gasteiger partial charge >= 0.3 is 0 Å². The molecule has 0 radical (unpaired) electrons. The van der Waals surface area contributed by atoms with E-state index >= 15 is 0 Å². The second-order valence-corrected chi connectivity index (χ2v) is 3.83. The molecule has 1 heterocycles. The van der Waals surface area contributed by atoms with Crippen molar-refractivity contribution >= 4 is 16.8 Å². The highest BCUT2D eigenvalue weighted by molar-refractivity contribution is 6.67. The quantitative estimate of drug-likeness (QED) is 0.807. The lowest BCUT2D eigenvalue weighted by Crippen LogP contribution is -1.97. The molecule has 0 spiro atoms. The van der Waals surface area contributed by atoms with Crippen molar-refractivity contribution in [2.24, 2.45) is 0 Å². The Balaban J connectivity index is 2.37. The number of ether oxygens (including phenoxy) is 1. The third-order valence-electron chi connectivity index (χ3n) is 2.26. The summed E-state index contributed by atoms with van der Waals surface area (Å²) < 4.78 is 18.6. The van der Waals surface area contributed by atoms with Crippen molar-refractivity contribution in [1.82, 2.24) is 4.98 Å². The number of halogens is 2. The van der Waals surface area contributed by atoms with Gasteiger partial charge in [-0.15, -0.1) is 0 Å². The summed E-state index contributed by atoms with van der Waals surface area (Å²) in [6.07, 6.45) is 1.45. The molecule has 94 valence electrons. The highest BCUT2D eigenvalue weighted by Crippen LogP contribution is 2.25. The van der Waals surface area contributed by atoms with Crippen LogP contribution < -0.4 is 4.74 Å². The number of rotatable bonds is 3. The van der Waals surface area contributed by atoms with Crippen LogP contribution in [0.15, 0.2) is 36.5 Å². The van der Waals surface area contributed by atoms with Gasteiger partial charge in [-0.2, -0.15) is 5.26 Å². The molecule has 0 saturated heterocycles. The summed E-state index contributed by atoms with van der Waals surface area (Å²) in [5, 5.41) is 7.95. The van der Waals surface area contributed by atoms with Crippen molar-refractivity contribution in [2.45, 2.75) is 0 Å². The third-order valence-corrected chi connectivity index (χ3v) is 2.46. The lowest BCUT2D eigenvalue weighted by atomic mass is 10.2. The fraction of sp³-hybridized carbons (Fsp3) is 0. The number of hydrogen-bond acceptors (Lipinski definition) is 4. The Morgan fingerprint density at radius 3 is 2.89 bits per heavy atom. The van der Waals surface area contributed by atoms with Gasteiger partial charge in [0.05, 0.1) is 5.56 Å². The highest BCUT2D eigenvalue weighted by Gasteiger charge is 2.12. The van der Waals surface area contributed by atoms with Crippen LogP contribution >= 0.6 is 11.6 Å². The largest absolute Gasteiger partial charge is 0.438 e. The van der Waals surface area contributed by atoms with Gasteiger partial charge in [-0.3, -0.25) is 4.79 Å². The maximum absolute atomic E-state index is 13.3. The minimum absolute atomic E-state index is 0.0737. The lowest BCUT2D eigenvalue weighted by Gasteiger charge is -2.07. The molecule has 0 N–H and O–H groups in total. The van der Waals surface area contributed by atoms with E-state index in [1.54, 1.807) is 6.07 Å². The standard InChI is InChI=1S/C13H6ClFN2O2/c14-12(18)10-6-9(3-4-11(10)15)19-13-8(7-16)2-1-5-17-13/h1-6H. The van der Waals surface area contributed by atoms with E-state index in [4.69, 9.17) is 21.6 Å². The van der Waals surface area contributed by atoms with Crippen molar-refractivity contribution < 1.29 is 13.9 Å². The van der Waals surface area contributed by atoms with E-state index in [0.29, 0.717) is 0 Å². The van der Waals surface area contributed by atoms with E-state index in [2.05, 4.69) is 4.98 Å². The predicted octanol–water partition coefficient (Wildman–Crippen LogP) is 3.26. The predicted molar refractivity (Wildman–Crippen MR) is 65.6 cm³/mol. The molecule has 19 heavy (non-hydrogen) atoms. The van der Waals surface area contributed by atoms with Crippen molar-refractivity contribution in [1.29, 1.82) is 5.26 Å². The first-order valence-corrected chi connectivity index (χ1v) is 5.52. The van der Waals surface area contributed by atoms with E-state index in [-0.39, 0.29) is 22.8 Å². The monoisotopic (exact) mass is 276 g/mol. The Bertz CT molecular complexity index is 683. The maximum Gasteiger partial charge on any atom is 0.255 e. The van der Waals surface area contributed by atoms with Gasteiger partial charge < -0.3 is 4.74 Å². The SMILES string of the molecule is N#Cc1cccnc1Oc1ccc(F)c(C(=O)Cl)c1. The summed E-state index contributed by atoms with van der Waals surface area (Å²) in [6, 6.07) is 8.55. The number of carbonyl (C=O) groups excluding carboxylic acids is 1. The summed E-state index contributed by atoms with van der Waals surface area (Å²) in [6.45, 7) is 0. The Kier molecular flexibility index (Phi) is 3.74. The maximum atomic E-state index is 13.3. The summed E-state index contributed by atoms with van der Waals surface area (Å²) in [5.74, 6) is -0.501. The van der Waals surface area contributed by atoms with Gasteiger partial charge in [0.15, 0.2) is 0 Å². The van der Waals surface area contributed by atoms with Gasteiger partial charge in [-0.05, 0) is 41.9 Å². The molecule has 1 aromatic carbocycles. The first-order chi connectivity index (χ1) is 9.11. The number of nitriles is 1. The van der Waals surface area contributed by atoms with Gasteiger partial charge in [0, 0.05) is 6.20 Å². The van der Waals surface area contributed by atoms with Crippen molar-refractivity contribution in [3.05, 3.63) is 53.5 Å². The van der Waals surface area contributed by atoms with E-state index < -0.39 is 11.1 Å². The molecule has 0 amide bonds. The minimum Gasteiger partial charge on any atom is -0.438 e. The molecule has 1 aromatic heterocycles.